The van der Waals surface area contributed by atoms with Gasteiger partial charge in [0.1, 0.15) is 0 Å². The van der Waals surface area contributed by atoms with Gasteiger partial charge in [-0.05, 0) is 0 Å². The summed E-state index contributed by atoms with van der Waals surface area (Å²) in [6, 6.07) is 7.21. The van der Waals surface area contributed by atoms with Crippen LogP contribution >= 0.6 is 20.0 Å². The van der Waals surface area contributed by atoms with E-state index in [1.165, 1.54) is 20.0 Å². The first-order valence-electron chi connectivity index (χ1n) is 6.97. The molecule has 1 aromatic carbocycles. The van der Waals surface area contributed by atoms with Gasteiger partial charge in [0.2, 0.25) is 0 Å². The molecule has 0 atom stereocenters. The average molecular weight is 504 g/mol. The second-order valence-electron chi connectivity index (χ2n) is 4.64. The number of aliphatic carboxylic acids is 2. The van der Waals surface area contributed by atoms with Gasteiger partial charge in [-0.1, -0.05) is 0 Å². The fourth-order valence-electron chi connectivity index (χ4n) is 1.67. The van der Waals surface area contributed by atoms with E-state index >= 15 is 0 Å². The Hall–Kier alpha value is -0.172. The predicted molar refractivity (Wildman–Crippen MR) is 115 cm³/mol. The van der Waals surface area contributed by atoms with Crippen LogP contribution in [0.2, 0.25) is 0 Å². The SMILES string of the molecule is Nc1nc(N)nc(Nc2ccc([As](SCC(=O)O)SCC(=O)O)cc2)n1.[Na].[Na]. The summed E-state index contributed by atoms with van der Waals surface area (Å²) in [6.07, 6.45) is 0. The molecule has 28 heavy (non-hydrogen) atoms. The number of aromatic nitrogens is 3. The minimum Gasteiger partial charge on any atom is 0 e. The predicted octanol–water partition coefficient (Wildman–Crippen LogP) is -0.651. The molecule has 1 heterocycles. The first kappa shape index (κ1) is 27.8. The molecule has 0 saturated carbocycles. The summed E-state index contributed by atoms with van der Waals surface area (Å²) in [5.74, 6) is -1.76. The van der Waals surface area contributed by atoms with Gasteiger partial charge in [0.15, 0.2) is 0 Å². The molecule has 0 aliphatic rings. The van der Waals surface area contributed by atoms with Crippen molar-refractivity contribution in [1.29, 1.82) is 0 Å². The van der Waals surface area contributed by atoms with Crippen molar-refractivity contribution in [1.82, 2.24) is 15.0 Å². The molecule has 15 heteroatoms. The van der Waals surface area contributed by atoms with E-state index in [1.54, 1.807) is 12.1 Å². The maximum absolute atomic E-state index is 10.8. The smallest absolute Gasteiger partial charge is 0 e. The minimum absolute atomic E-state index is 0. The van der Waals surface area contributed by atoms with E-state index in [0.29, 0.717) is 5.69 Å². The maximum atomic E-state index is 10.8. The van der Waals surface area contributed by atoms with E-state index in [0.717, 1.165) is 4.35 Å². The second kappa shape index (κ2) is 13.9. The fraction of sp³-hybridized carbons (Fsp3) is 0.154. The summed E-state index contributed by atoms with van der Waals surface area (Å²) in [7, 11) is 2.60. The van der Waals surface area contributed by atoms with Gasteiger partial charge in [-0.3, -0.25) is 0 Å². The Morgan fingerprint density at radius 3 is 1.82 bits per heavy atom. The Morgan fingerprint density at radius 2 is 1.39 bits per heavy atom. The zero-order valence-corrected chi connectivity index (χ0v) is 22.7. The van der Waals surface area contributed by atoms with Crippen molar-refractivity contribution in [2.45, 2.75) is 0 Å². The molecule has 0 spiro atoms. The number of anilines is 4. The number of hydrogen-bond acceptors (Lipinski definition) is 10. The Balaban J connectivity index is 0.00000364. The molecule has 10 nitrogen and oxygen atoms in total. The van der Waals surface area contributed by atoms with Crippen LogP contribution in [0, 0.1) is 0 Å². The van der Waals surface area contributed by atoms with E-state index in [2.05, 4.69) is 20.3 Å². The number of benzene rings is 1. The van der Waals surface area contributed by atoms with E-state index in [-0.39, 0.29) is 88.5 Å². The van der Waals surface area contributed by atoms with Crippen LogP contribution in [0.5, 0.6) is 0 Å². The van der Waals surface area contributed by atoms with E-state index in [9.17, 15) is 9.59 Å². The average Bonchev–Trinajstić information content (AvgIpc) is 2.54. The van der Waals surface area contributed by atoms with Crippen LogP contribution in [0.1, 0.15) is 0 Å². The fourth-order valence-corrected chi connectivity index (χ4v) is 12.6. The molecule has 7 N–H and O–H groups in total. The van der Waals surface area contributed by atoms with Crippen LogP contribution in [0.15, 0.2) is 24.3 Å². The van der Waals surface area contributed by atoms with Crippen LogP contribution in [-0.4, -0.2) is 120 Å². The molecular weight excluding hydrogens is 489 g/mol. The largest absolute Gasteiger partial charge is 0 e. The van der Waals surface area contributed by atoms with Crippen molar-refractivity contribution in [3.05, 3.63) is 24.3 Å². The molecule has 2 radical (unpaired) electrons. The molecule has 0 saturated heterocycles. The zero-order valence-electron chi connectivity index (χ0n) is 15.2. The van der Waals surface area contributed by atoms with Gasteiger partial charge in [0.05, 0.1) is 0 Å². The standard InChI is InChI=1S/C13H15AsN6O4S2.2Na/c15-11-18-12(16)20-13(19-11)17-8-3-1-7(2-4-8)14(25-5-9(21)22)26-6-10(23)24;;/h1-4H,5-6H2,(H,21,22)(H,23,24)(H5,15,16,17,18,19,20);;. The topological polar surface area (TPSA) is 177 Å². The quantitative estimate of drug-likeness (QED) is 0.273. The van der Waals surface area contributed by atoms with E-state index < -0.39 is 24.3 Å². The molecule has 0 aliphatic carbocycles. The molecule has 0 aliphatic heterocycles. The molecule has 140 valence electrons. The van der Waals surface area contributed by atoms with Crippen molar-refractivity contribution in [3.63, 3.8) is 0 Å². The number of nitrogens with one attached hydrogen (secondary N) is 1. The molecule has 0 fully saturated rings. The molecular formula is C13H15AsN6Na2O4S2. The van der Waals surface area contributed by atoms with Crippen molar-refractivity contribution >= 4 is 131 Å². The number of nitrogens with zero attached hydrogens (tertiary/aromatic N) is 3. The molecule has 2 rings (SSSR count). The number of carbonyl (C=O) groups is 2. The summed E-state index contributed by atoms with van der Waals surface area (Å²) in [5, 5.41) is 20.7. The first-order valence-corrected chi connectivity index (χ1v) is 14.4. The van der Waals surface area contributed by atoms with Crippen LogP contribution in [0.4, 0.5) is 23.5 Å². The van der Waals surface area contributed by atoms with Crippen molar-refractivity contribution in [3.8, 4) is 0 Å². The van der Waals surface area contributed by atoms with Crippen molar-refractivity contribution in [2.75, 3.05) is 28.3 Å². The van der Waals surface area contributed by atoms with Gasteiger partial charge in [-0.2, -0.15) is 0 Å². The number of carboxylic acid groups (broad SMARTS) is 2. The van der Waals surface area contributed by atoms with Gasteiger partial charge < -0.3 is 0 Å². The Bertz CT molecular complexity index is 767. The van der Waals surface area contributed by atoms with Crippen LogP contribution in [-0.2, 0) is 9.59 Å². The third kappa shape index (κ3) is 10.0. The summed E-state index contributed by atoms with van der Waals surface area (Å²) in [5.41, 5.74) is 11.7. The van der Waals surface area contributed by atoms with Gasteiger partial charge in [0, 0.05) is 59.1 Å². The number of rotatable bonds is 9. The maximum Gasteiger partial charge on any atom is 0 e. The monoisotopic (exact) mass is 504 g/mol. The van der Waals surface area contributed by atoms with Gasteiger partial charge in [-0.15, -0.1) is 0 Å². The van der Waals surface area contributed by atoms with Crippen LogP contribution in [0.25, 0.3) is 0 Å². The zero-order chi connectivity index (χ0) is 19.1. The number of hydrogen-bond donors (Lipinski definition) is 5. The van der Waals surface area contributed by atoms with Crippen molar-refractivity contribution < 1.29 is 19.8 Å². The molecule has 2 aromatic rings. The third-order valence-corrected chi connectivity index (χ3v) is 15.4. The van der Waals surface area contributed by atoms with Crippen LogP contribution < -0.4 is 21.1 Å². The Morgan fingerprint density at radius 1 is 0.929 bits per heavy atom. The van der Waals surface area contributed by atoms with Gasteiger partial charge in [0.25, 0.3) is 0 Å². The third-order valence-electron chi connectivity index (χ3n) is 2.61. The molecule has 0 unspecified atom stereocenters. The molecule has 0 bridgehead atoms. The van der Waals surface area contributed by atoms with Crippen LogP contribution in [0.3, 0.4) is 0 Å². The van der Waals surface area contributed by atoms with Gasteiger partial charge in [-0.25, -0.2) is 0 Å². The van der Waals surface area contributed by atoms with E-state index in [1.807, 2.05) is 12.1 Å². The minimum atomic E-state index is -1.94. The van der Waals surface area contributed by atoms with Crippen molar-refractivity contribution in [2.24, 2.45) is 0 Å². The molecule has 1 aromatic heterocycles. The first-order chi connectivity index (χ1) is 12.3. The summed E-state index contributed by atoms with van der Waals surface area (Å²) in [6.45, 7) is 0. The van der Waals surface area contributed by atoms with Gasteiger partial charge >= 0.3 is 160 Å². The Labute approximate surface area is 216 Å². The normalized spacial score (nSPS) is 9.89. The molecule has 0 amide bonds. The number of nitrogens with two attached hydrogens (primary N) is 2. The Kier molecular flexibility index (Phi) is 13.9. The number of nitrogen functional groups attached to an aromatic ring is 2. The number of carboxylic acids is 2. The summed E-state index contributed by atoms with van der Waals surface area (Å²) in [4.78, 5) is 33.1. The summed E-state index contributed by atoms with van der Waals surface area (Å²) < 4.78 is 0.940. The second-order valence-corrected chi connectivity index (χ2v) is 16.1. The van der Waals surface area contributed by atoms with E-state index in [4.69, 9.17) is 21.7 Å². The summed E-state index contributed by atoms with van der Waals surface area (Å²) >= 11 is -1.94.